The highest BCUT2D eigenvalue weighted by atomic mass is 15.0. The molecule has 0 unspecified atom stereocenters. The maximum atomic E-state index is 8.66. The van der Waals surface area contributed by atoms with Gasteiger partial charge in [-0.25, -0.2) is 9.55 Å². The molecule has 0 saturated carbocycles. The molecule has 4 aromatic rings. The minimum absolute atomic E-state index is 0.495. The van der Waals surface area contributed by atoms with E-state index in [1.165, 1.54) is 0 Å². The second-order valence-corrected chi connectivity index (χ2v) is 7.93. The topological polar surface area (TPSA) is 21.2 Å². The standard InChI is InChI=1S/C23H26N3/c1-16-18(20-14-17(11-13-25(20)5)15-23(2,3)4)9-10-19-22(16)26-12-7-6-8-21(26)24-19/h6-14H,15H2,1-5H3/q+1/i15D2. The van der Waals surface area contributed by atoms with Crippen LogP contribution in [0.25, 0.3) is 27.9 Å². The van der Waals surface area contributed by atoms with Crippen molar-refractivity contribution in [3.8, 4) is 11.3 Å². The number of hydrogen-bond donors (Lipinski definition) is 0. The van der Waals surface area contributed by atoms with E-state index in [9.17, 15) is 0 Å². The molecule has 26 heavy (non-hydrogen) atoms. The third-order valence-electron chi connectivity index (χ3n) is 4.67. The van der Waals surface area contributed by atoms with Crippen molar-refractivity contribution >= 4 is 16.7 Å². The van der Waals surface area contributed by atoms with Gasteiger partial charge < -0.3 is 0 Å². The van der Waals surface area contributed by atoms with E-state index in [0.29, 0.717) is 5.56 Å². The van der Waals surface area contributed by atoms with E-state index in [-0.39, 0.29) is 0 Å². The summed E-state index contributed by atoms with van der Waals surface area (Å²) in [5.74, 6) is 0. The lowest BCUT2D eigenvalue weighted by atomic mass is 9.88. The molecule has 0 saturated heterocycles. The van der Waals surface area contributed by atoms with Crippen LogP contribution in [-0.4, -0.2) is 9.38 Å². The van der Waals surface area contributed by atoms with Crippen molar-refractivity contribution in [1.29, 1.82) is 0 Å². The lowest BCUT2D eigenvalue weighted by Crippen LogP contribution is -2.31. The molecular weight excluding hydrogens is 318 g/mol. The number of imidazole rings is 1. The molecule has 0 radical (unpaired) electrons. The van der Waals surface area contributed by atoms with Crippen LogP contribution in [0.5, 0.6) is 0 Å². The van der Waals surface area contributed by atoms with Crippen LogP contribution >= 0.6 is 0 Å². The molecule has 0 fully saturated rings. The van der Waals surface area contributed by atoms with Crippen LogP contribution in [0.4, 0.5) is 0 Å². The SMILES string of the molecule is [2H]C([2H])(c1cc[n+](C)c(-c2ccc3nc4ccccn4c3c2C)c1)C(C)(C)C. The molecule has 0 aliphatic rings. The van der Waals surface area contributed by atoms with Gasteiger partial charge in [0.2, 0.25) is 5.69 Å². The van der Waals surface area contributed by atoms with Crippen molar-refractivity contribution in [2.45, 2.75) is 34.1 Å². The highest BCUT2D eigenvalue weighted by Crippen LogP contribution is 2.30. The van der Waals surface area contributed by atoms with Gasteiger partial charge in [0, 0.05) is 21.1 Å². The Hall–Kier alpha value is -2.68. The summed E-state index contributed by atoms with van der Waals surface area (Å²) in [5, 5.41) is 0. The van der Waals surface area contributed by atoms with Gasteiger partial charge >= 0.3 is 0 Å². The molecule has 0 spiro atoms. The molecule has 1 aromatic carbocycles. The predicted octanol–water partition coefficient (Wildman–Crippen LogP) is 4.88. The number of benzene rings is 1. The summed E-state index contributed by atoms with van der Waals surface area (Å²) >= 11 is 0. The van der Waals surface area contributed by atoms with Gasteiger partial charge in [-0.15, -0.1) is 0 Å². The summed E-state index contributed by atoms with van der Waals surface area (Å²) in [4.78, 5) is 4.72. The van der Waals surface area contributed by atoms with E-state index < -0.39 is 11.8 Å². The molecule has 0 atom stereocenters. The Balaban J connectivity index is 1.97. The fraction of sp³-hybridized carbons (Fsp3) is 0.304. The van der Waals surface area contributed by atoms with Crippen LogP contribution in [0.2, 0.25) is 0 Å². The third-order valence-corrected chi connectivity index (χ3v) is 4.67. The van der Waals surface area contributed by atoms with Crippen LogP contribution in [-0.2, 0) is 13.4 Å². The molecule has 0 N–H and O–H groups in total. The van der Waals surface area contributed by atoms with Gasteiger partial charge in [-0.2, -0.15) is 0 Å². The summed E-state index contributed by atoms with van der Waals surface area (Å²) in [5.41, 5.74) is 6.42. The van der Waals surface area contributed by atoms with Crippen LogP contribution in [0.15, 0.2) is 54.9 Å². The fourth-order valence-electron chi connectivity index (χ4n) is 3.54. The molecule has 3 heterocycles. The first kappa shape index (κ1) is 14.5. The number of nitrogens with zero attached hydrogens (tertiary/aromatic N) is 3. The van der Waals surface area contributed by atoms with E-state index >= 15 is 0 Å². The Morgan fingerprint density at radius 2 is 1.96 bits per heavy atom. The van der Waals surface area contributed by atoms with Gasteiger partial charge in [0.05, 0.1) is 16.6 Å². The zero-order chi connectivity index (χ0) is 20.3. The lowest BCUT2D eigenvalue weighted by molar-refractivity contribution is -0.660. The normalized spacial score (nSPS) is 13.9. The van der Waals surface area contributed by atoms with Crippen molar-refractivity contribution in [2.24, 2.45) is 12.5 Å². The van der Waals surface area contributed by atoms with Gasteiger partial charge in [-0.05, 0) is 54.1 Å². The first-order valence-corrected chi connectivity index (χ1v) is 8.98. The predicted molar refractivity (Wildman–Crippen MR) is 107 cm³/mol. The molecule has 3 aromatic heterocycles. The van der Waals surface area contributed by atoms with Gasteiger partial charge in [0.15, 0.2) is 6.20 Å². The van der Waals surface area contributed by atoms with Crippen LogP contribution < -0.4 is 4.57 Å². The lowest BCUT2D eigenvalue weighted by Gasteiger charge is -2.18. The van der Waals surface area contributed by atoms with Crippen molar-refractivity contribution < 1.29 is 7.31 Å². The Morgan fingerprint density at radius 3 is 2.73 bits per heavy atom. The van der Waals surface area contributed by atoms with Crippen LogP contribution in [0, 0.1) is 12.3 Å². The second-order valence-electron chi connectivity index (χ2n) is 7.93. The zero-order valence-corrected chi connectivity index (χ0v) is 16.0. The first-order valence-electron chi connectivity index (χ1n) is 9.98. The maximum Gasteiger partial charge on any atom is 0.212 e. The number of aromatic nitrogens is 3. The van der Waals surface area contributed by atoms with Crippen LogP contribution in [0.1, 0.15) is 34.6 Å². The van der Waals surface area contributed by atoms with Gasteiger partial charge in [0.25, 0.3) is 0 Å². The third kappa shape index (κ3) is 2.88. The zero-order valence-electron chi connectivity index (χ0n) is 18.0. The minimum atomic E-state index is -1.43. The summed E-state index contributed by atoms with van der Waals surface area (Å²) in [6.45, 7) is 7.93. The molecule has 0 bridgehead atoms. The summed E-state index contributed by atoms with van der Waals surface area (Å²) < 4.78 is 21.5. The molecule has 4 rings (SSSR count). The van der Waals surface area contributed by atoms with E-state index in [4.69, 9.17) is 7.73 Å². The average molecular weight is 346 g/mol. The minimum Gasteiger partial charge on any atom is -0.299 e. The Labute approximate surface area is 157 Å². The fourth-order valence-corrected chi connectivity index (χ4v) is 3.54. The highest BCUT2D eigenvalue weighted by molar-refractivity contribution is 5.88. The van der Waals surface area contributed by atoms with Gasteiger partial charge in [-0.3, -0.25) is 4.40 Å². The van der Waals surface area contributed by atoms with Gasteiger partial charge in [0.1, 0.15) is 12.7 Å². The Bertz CT molecular complexity index is 1200. The highest BCUT2D eigenvalue weighted by Gasteiger charge is 2.19. The smallest absolute Gasteiger partial charge is 0.212 e. The van der Waals surface area contributed by atoms with E-state index in [1.807, 2.05) is 70.5 Å². The maximum absolute atomic E-state index is 8.66. The number of pyridine rings is 2. The van der Waals surface area contributed by atoms with Crippen molar-refractivity contribution in [3.63, 3.8) is 0 Å². The largest absolute Gasteiger partial charge is 0.299 e. The molecular formula is C23H26N3+. The molecule has 0 amide bonds. The van der Waals surface area contributed by atoms with Crippen molar-refractivity contribution in [3.05, 3.63) is 66.0 Å². The second kappa shape index (κ2) is 5.94. The number of aryl methyl sites for hydroxylation is 2. The van der Waals surface area contributed by atoms with Crippen LogP contribution in [0.3, 0.4) is 0 Å². The molecule has 132 valence electrons. The quantitative estimate of drug-likeness (QED) is 0.474. The van der Waals surface area contributed by atoms with E-state index in [2.05, 4.69) is 28.0 Å². The molecule has 0 aliphatic heterocycles. The molecule has 3 heteroatoms. The van der Waals surface area contributed by atoms with E-state index in [0.717, 1.165) is 33.5 Å². The van der Waals surface area contributed by atoms with E-state index in [1.54, 1.807) is 0 Å². The Morgan fingerprint density at radius 1 is 1.15 bits per heavy atom. The number of fused-ring (bicyclic) bond motifs is 3. The number of hydrogen-bond acceptors (Lipinski definition) is 1. The Kier molecular flexibility index (Phi) is 3.31. The van der Waals surface area contributed by atoms with Crippen molar-refractivity contribution in [1.82, 2.24) is 9.38 Å². The monoisotopic (exact) mass is 346 g/mol. The number of rotatable bonds is 2. The average Bonchev–Trinajstić information content (AvgIpc) is 3.01. The molecule has 3 nitrogen and oxygen atoms in total. The molecule has 0 aliphatic carbocycles. The summed E-state index contributed by atoms with van der Waals surface area (Å²) in [7, 11) is 2.00. The van der Waals surface area contributed by atoms with Gasteiger partial charge in [-0.1, -0.05) is 26.8 Å². The first-order chi connectivity index (χ1) is 13.1. The van der Waals surface area contributed by atoms with Crippen molar-refractivity contribution in [2.75, 3.05) is 0 Å². The summed E-state index contributed by atoms with van der Waals surface area (Å²) in [6.07, 6.45) is 2.56. The summed E-state index contributed by atoms with van der Waals surface area (Å²) in [6, 6.07) is 14.0.